The lowest BCUT2D eigenvalue weighted by molar-refractivity contribution is -0.162. The van der Waals surface area contributed by atoms with E-state index in [1.807, 2.05) is 6.07 Å². The molecule has 41 heavy (non-hydrogen) atoms. The summed E-state index contributed by atoms with van der Waals surface area (Å²) in [5.74, 6) is 5.43. The maximum atomic E-state index is 13.1. The minimum absolute atomic E-state index is 0.0772. The van der Waals surface area contributed by atoms with Crippen LogP contribution < -0.4 is 26.7 Å². The summed E-state index contributed by atoms with van der Waals surface area (Å²) in [6.07, 6.45) is 4.37. The predicted molar refractivity (Wildman–Crippen MR) is 149 cm³/mol. The summed E-state index contributed by atoms with van der Waals surface area (Å²) in [5, 5.41) is 0. The number of carbonyl (C=O) groups excluding carboxylic acids is 3. The largest absolute Gasteiger partial charge is 0.493 e. The first-order valence-electron chi connectivity index (χ1n) is 13.0. The number of carbonyl (C=O) groups is 3. The van der Waals surface area contributed by atoms with E-state index in [0.717, 1.165) is 18.4 Å². The maximum absolute atomic E-state index is 13.1. The van der Waals surface area contributed by atoms with Crippen molar-refractivity contribution < 1.29 is 28.6 Å². The van der Waals surface area contributed by atoms with Gasteiger partial charge in [-0.15, -0.1) is 0 Å². The molecule has 6 N–H and O–H groups in total. The van der Waals surface area contributed by atoms with Gasteiger partial charge in [0, 0.05) is 29.3 Å². The Kier molecular flexibility index (Phi) is 7.24. The molecule has 11 heteroatoms. The zero-order valence-corrected chi connectivity index (χ0v) is 22.7. The Hall–Kier alpha value is -5.11. The summed E-state index contributed by atoms with van der Waals surface area (Å²) in [4.78, 5) is 45.4. The molecule has 1 aromatic heterocycles. The van der Waals surface area contributed by atoms with Gasteiger partial charge in [-0.2, -0.15) is 4.98 Å². The van der Waals surface area contributed by atoms with E-state index in [1.54, 1.807) is 30.5 Å². The molecule has 3 aromatic rings. The molecule has 1 amide bonds. The van der Waals surface area contributed by atoms with E-state index in [9.17, 15) is 14.4 Å². The van der Waals surface area contributed by atoms with E-state index in [1.165, 1.54) is 14.2 Å². The smallest absolute Gasteiger partial charge is 0.324 e. The van der Waals surface area contributed by atoms with Crippen LogP contribution in [0.25, 0.3) is 0 Å². The van der Waals surface area contributed by atoms with Gasteiger partial charge < -0.3 is 31.4 Å². The quantitative estimate of drug-likeness (QED) is 0.212. The Balaban J connectivity index is 1.55. The molecule has 2 saturated carbocycles. The molecule has 2 aromatic carbocycles. The lowest BCUT2D eigenvalue weighted by Gasteiger charge is -2.16. The first-order valence-corrected chi connectivity index (χ1v) is 13.0. The SMILES string of the molecule is COc1cc(Cc2cnc(N)nc2N)cc(C#Cc2cc(C(N)=O)ccc2C2(C(=O)OC(=O)C3CC3)CC2)c1OC. The van der Waals surface area contributed by atoms with Crippen LogP contribution in [0.4, 0.5) is 11.8 Å². The fraction of sp³-hybridized carbons (Fsp3) is 0.300. The van der Waals surface area contributed by atoms with Crippen molar-refractivity contribution in [3.8, 4) is 23.3 Å². The van der Waals surface area contributed by atoms with Crippen molar-refractivity contribution in [2.24, 2.45) is 11.7 Å². The van der Waals surface area contributed by atoms with Crippen LogP contribution in [-0.4, -0.2) is 42.0 Å². The standard InChI is InChI=1S/C30H29N5O6/c1-39-23-13-16(12-21-15-34-29(33)35-25(21)31)11-19(24(23)40-2)6-5-18-14-20(26(32)36)7-8-22(18)30(9-10-30)28(38)41-27(37)17-3-4-17/h7-8,11,13-15,17H,3-4,9-10,12H2,1-2H3,(H2,32,36)(H4,31,33,34,35). The van der Waals surface area contributed by atoms with Crippen molar-refractivity contribution in [3.63, 3.8) is 0 Å². The van der Waals surface area contributed by atoms with Gasteiger partial charge in [0.1, 0.15) is 5.82 Å². The number of hydrogen-bond acceptors (Lipinski definition) is 10. The minimum Gasteiger partial charge on any atom is -0.493 e. The number of aromatic nitrogens is 2. The minimum atomic E-state index is -1.01. The Morgan fingerprint density at radius 2 is 1.76 bits per heavy atom. The number of nitrogen functional groups attached to an aromatic ring is 2. The third-order valence-corrected chi connectivity index (χ3v) is 7.25. The van der Waals surface area contributed by atoms with Crippen molar-refractivity contribution in [1.29, 1.82) is 0 Å². The van der Waals surface area contributed by atoms with Crippen LogP contribution in [-0.2, 0) is 26.2 Å². The van der Waals surface area contributed by atoms with Crippen LogP contribution in [0.1, 0.15) is 63.9 Å². The van der Waals surface area contributed by atoms with Gasteiger partial charge in [0.25, 0.3) is 0 Å². The zero-order valence-electron chi connectivity index (χ0n) is 22.7. The summed E-state index contributed by atoms with van der Waals surface area (Å²) in [6.45, 7) is 0. The Morgan fingerprint density at radius 1 is 1.02 bits per heavy atom. The van der Waals surface area contributed by atoms with Crippen molar-refractivity contribution in [2.75, 3.05) is 25.7 Å². The summed E-state index contributed by atoms with van der Waals surface area (Å²) < 4.78 is 16.4. The van der Waals surface area contributed by atoms with Gasteiger partial charge in [-0.1, -0.05) is 17.9 Å². The molecule has 0 aliphatic heterocycles. The normalized spacial score (nSPS) is 14.8. The van der Waals surface area contributed by atoms with Gasteiger partial charge in [0.05, 0.1) is 31.1 Å². The highest BCUT2D eigenvalue weighted by Crippen LogP contribution is 2.51. The van der Waals surface area contributed by atoms with Gasteiger partial charge in [-0.3, -0.25) is 14.4 Å². The highest BCUT2D eigenvalue weighted by molar-refractivity contribution is 5.97. The van der Waals surface area contributed by atoms with Crippen LogP contribution in [0.3, 0.4) is 0 Å². The first kappa shape index (κ1) is 27.5. The second-order valence-electron chi connectivity index (χ2n) is 10.1. The highest BCUT2D eigenvalue weighted by Gasteiger charge is 2.55. The van der Waals surface area contributed by atoms with E-state index in [-0.39, 0.29) is 23.2 Å². The number of methoxy groups -OCH3 is 2. The fourth-order valence-electron chi connectivity index (χ4n) is 4.66. The number of ether oxygens (including phenoxy) is 3. The molecule has 0 unspecified atom stereocenters. The number of amides is 1. The molecule has 1 heterocycles. The molecule has 0 radical (unpaired) electrons. The Labute approximate surface area is 236 Å². The van der Waals surface area contributed by atoms with Crippen molar-refractivity contribution in [3.05, 3.63) is 69.9 Å². The number of nitrogens with two attached hydrogens (primary N) is 3. The number of nitrogens with zero attached hydrogens (tertiary/aromatic N) is 2. The molecule has 0 bridgehead atoms. The van der Waals surface area contributed by atoms with Gasteiger partial charge in [-0.05, 0) is 61.1 Å². The molecular weight excluding hydrogens is 526 g/mol. The average molecular weight is 556 g/mol. The number of hydrogen-bond donors (Lipinski definition) is 3. The molecule has 0 saturated heterocycles. The number of esters is 2. The molecule has 2 aliphatic rings. The Morgan fingerprint density at radius 3 is 2.37 bits per heavy atom. The third-order valence-electron chi connectivity index (χ3n) is 7.25. The van der Waals surface area contributed by atoms with Crippen LogP contribution in [0.15, 0.2) is 36.5 Å². The second kappa shape index (κ2) is 10.8. The average Bonchev–Trinajstić information content (AvgIpc) is 3.87. The third kappa shape index (κ3) is 5.63. The molecule has 11 nitrogen and oxygen atoms in total. The predicted octanol–water partition coefficient (Wildman–Crippen LogP) is 2.26. The highest BCUT2D eigenvalue weighted by atomic mass is 16.6. The lowest BCUT2D eigenvalue weighted by Crippen LogP contribution is -2.27. The van der Waals surface area contributed by atoms with E-state index in [4.69, 9.17) is 31.4 Å². The number of benzene rings is 2. The van der Waals surface area contributed by atoms with Gasteiger partial charge in [0.2, 0.25) is 11.9 Å². The number of primary amides is 1. The molecule has 2 aliphatic carbocycles. The zero-order chi connectivity index (χ0) is 29.3. The van der Waals surface area contributed by atoms with Gasteiger partial charge in [-0.25, -0.2) is 4.98 Å². The van der Waals surface area contributed by atoms with Crippen LogP contribution in [0.2, 0.25) is 0 Å². The van der Waals surface area contributed by atoms with Crippen LogP contribution >= 0.6 is 0 Å². The molecule has 0 spiro atoms. The maximum Gasteiger partial charge on any atom is 0.324 e. The summed E-state index contributed by atoms with van der Waals surface area (Å²) in [5.41, 5.74) is 19.3. The molecule has 210 valence electrons. The molecule has 0 atom stereocenters. The summed E-state index contributed by atoms with van der Waals surface area (Å²) in [6, 6.07) is 8.35. The van der Waals surface area contributed by atoms with Crippen molar-refractivity contribution >= 4 is 29.6 Å². The van der Waals surface area contributed by atoms with Crippen LogP contribution in [0, 0.1) is 17.8 Å². The fourth-order valence-corrected chi connectivity index (χ4v) is 4.66. The molecule has 5 rings (SSSR count). The van der Waals surface area contributed by atoms with Crippen molar-refractivity contribution in [2.45, 2.75) is 37.5 Å². The van der Waals surface area contributed by atoms with E-state index >= 15 is 0 Å². The van der Waals surface area contributed by atoms with E-state index < -0.39 is 23.3 Å². The summed E-state index contributed by atoms with van der Waals surface area (Å²) in [7, 11) is 3.01. The van der Waals surface area contributed by atoms with E-state index in [0.29, 0.717) is 53.0 Å². The first-order chi connectivity index (χ1) is 19.6. The summed E-state index contributed by atoms with van der Waals surface area (Å²) >= 11 is 0. The lowest BCUT2D eigenvalue weighted by atomic mass is 9.89. The monoisotopic (exact) mass is 555 g/mol. The van der Waals surface area contributed by atoms with E-state index in [2.05, 4.69) is 21.8 Å². The molecule has 2 fully saturated rings. The Bertz CT molecular complexity index is 1630. The number of anilines is 2. The second-order valence-corrected chi connectivity index (χ2v) is 10.1. The molecular formula is C30H29N5O6. The van der Waals surface area contributed by atoms with Crippen molar-refractivity contribution in [1.82, 2.24) is 9.97 Å². The number of rotatable bonds is 8. The topological polar surface area (TPSA) is 183 Å². The van der Waals surface area contributed by atoms with Gasteiger partial charge >= 0.3 is 11.9 Å². The van der Waals surface area contributed by atoms with Crippen LogP contribution in [0.5, 0.6) is 11.5 Å². The van der Waals surface area contributed by atoms with Gasteiger partial charge in [0.15, 0.2) is 11.5 Å².